The second-order valence-electron chi connectivity index (χ2n) is 8.79. The highest BCUT2D eigenvalue weighted by atomic mass is 16.6. The highest BCUT2D eigenvalue weighted by molar-refractivity contribution is 5.70. The predicted octanol–water partition coefficient (Wildman–Crippen LogP) is 3.85. The zero-order valence-electron chi connectivity index (χ0n) is 18.3. The van der Waals surface area contributed by atoms with Gasteiger partial charge in [-0.15, -0.1) is 0 Å². The van der Waals surface area contributed by atoms with Gasteiger partial charge in [-0.05, 0) is 41.7 Å². The molecule has 6 heteroatoms. The molecule has 2 atom stereocenters. The van der Waals surface area contributed by atoms with Crippen LogP contribution in [0.25, 0.3) is 0 Å². The number of aromatic nitrogens is 1. The molecule has 1 amide bonds. The lowest BCUT2D eigenvalue weighted by molar-refractivity contribution is 0.131. The van der Waals surface area contributed by atoms with Gasteiger partial charge in [0.2, 0.25) is 0 Å². The van der Waals surface area contributed by atoms with E-state index in [1.807, 2.05) is 47.6 Å². The van der Waals surface area contributed by atoms with E-state index in [2.05, 4.69) is 45.1 Å². The van der Waals surface area contributed by atoms with Gasteiger partial charge in [-0.3, -0.25) is 9.88 Å². The highest BCUT2D eigenvalue weighted by Gasteiger charge is 2.33. The first kappa shape index (κ1) is 20.8. The van der Waals surface area contributed by atoms with E-state index in [-0.39, 0.29) is 12.2 Å². The molecular weight excluding hydrogens is 400 g/mol. The smallest absolute Gasteiger partial charge is 0.410 e. The van der Waals surface area contributed by atoms with Crippen LogP contribution in [0.15, 0.2) is 78.8 Å². The highest BCUT2D eigenvalue weighted by Crippen LogP contribution is 2.28. The third-order valence-electron chi connectivity index (χ3n) is 6.58. The fourth-order valence-electron chi connectivity index (χ4n) is 4.72. The Balaban J connectivity index is 1.09. The first-order valence-electron chi connectivity index (χ1n) is 11.5. The van der Waals surface area contributed by atoms with Gasteiger partial charge in [0.15, 0.2) is 0 Å². The lowest BCUT2D eigenvalue weighted by Gasteiger charge is -2.37. The SMILES string of the molecule is O=C1OC(c2ccccc2)CN1CC1C=CC(N2CCN(Cc3ccncc3)CC2)=CC1. The number of allylic oxidation sites excluding steroid dienone is 2. The molecule has 0 saturated carbocycles. The van der Waals surface area contributed by atoms with Gasteiger partial charge in [0.1, 0.15) is 6.10 Å². The summed E-state index contributed by atoms with van der Waals surface area (Å²) in [6.45, 7) is 6.55. The maximum atomic E-state index is 12.4. The van der Waals surface area contributed by atoms with Crippen molar-refractivity contribution in [2.24, 2.45) is 5.92 Å². The number of carbonyl (C=O) groups is 1. The van der Waals surface area contributed by atoms with Crippen molar-refractivity contribution in [3.05, 3.63) is 89.9 Å². The molecule has 6 nitrogen and oxygen atoms in total. The van der Waals surface area contributed by atoms with Crippen molar-refractivity contribution < 1.29 is 9.53 Å². The molecule has 0 bridgehead atoms. The summed E-state index contributed by atoms with van der Waals surface area (Å²) in [6, 6.07) is 14.2. The minimum Gasteiger partial charge on any atom is -0.439 e. The van der Waals surface area contributed by atoms with E-state index in [4.69, 9.17) is 4.74 Å². The van der Waals surface area contributed by atoms with Gasteiger partial charge in [-0.2, -0.15) is 0 Å². The molecule has 32 heavy (non-hydrogen) atoms. The zero-order chi connectivity index (χ0) is 21.8. The fourth-order valence-corrected chi connectivity index (χ4v) is 4.72. The van der Waals surface area contributed by atoms with E-state index < -0.39 is 0 Å². The fraction of sp³-hybridized carbons (Fsp3) is 0.385. The summed E-state index contributed by atoms with van der Waals surface area (Å²) in [5.74, 6) is 0.341. The molecule has 166 valence electrons. The third kappa shape index (κ3) is 4.86. The Morgan fingerprint density at radius 1 is 1.00 bits per heavy atom. The van der Waals surface area contributed by atoms with Crippen LogP contribution in [-0.4, -0.2) is 65.0 Å². The Morgan fingerprint density at radius 3 is 2.50 bits per heavy atom. The first-order valence-corrected chi connectivity index (χ1v) is 11.5. The first-order chi connectivity index (χ1) is 15.7. The second-order valence-corrected chi connectivity index (χ2v) is 8.79. The van der Waals surface area contributed by atoms with E-state index >= 15 is 0 Å². The normalized spacial score (nSPS) is 23.9. The monoisotopic (exact) mass is 430 g/mol. The standard InChI is InChI=1S/C26H30N4O2/c31-26-30(20-25(32-26)23-4-2-1-3-5-23)19-21-6-8-24(9-7-21)29-16-14-28(15-17-29)18-22-10-12-27-13-11-22/h1-6,8-13,21,25H,7,14-20H2. The van der Waals surface area contributed by atoms with Crippen LogP contribution < -0.4 is 0 Å². The maximum absolute atomic E-state index is 12.4. The number of benzene rings is 1. The number of nitrogens with zero attached hydrogens (tertiary/aromatic N) is 4. The lowest BCUT2D eigenvalue weighted by atomic mass is 9.98. The van der Waals surface area contributed by atoms with Crippen molar-refractivity contribution in [2.75, 3.05) is 39.3 Å². The number of carbonyl (C=O) groups excluding carboxylic acids is 1. The van der Waals surface area contributed by atoms with Gasteiger partial charge < -0.3 is 14.5 Å². The maximum Gasteiger partial charge on any atom is 0.410 e. The molecule has 1 aromatic heterocycles. The number of amides is 1. The quantitative estimate of drug-likeness (QED) is 0.697. The summed E-state index contributed by atoms with van der Waals surface area (Å²) in [6.07, 6.45) is 11.2. The van der Waals surface area contributed by atoms with Crippen LogP contribution in [0.3, 0.4) is 0 Å². The number of ether oxygens (including phenoxy) is 1. The number of rotatable bonds is 6. The van der Waals surface area contributed by atoms with E-state index in [0.29, 0.717) is 19.0 Å². The van der Waals surface area contributed by atoms with Crippen LogP contribution in [0.2, 0.25) is 0 Å². The molecule has 1 aliphatic carbocycles. The topological polar surface area (TPSA) is 48.9 Å². The average molecular weight is 431 g/mol. The van der Waals surface area contributed by atoms with Crippen LogP contribution in [-0.2, 0) is 11.3 Å². The van der Waals surface area contributed by atoms with Crippen LogP contribution in [0.4, 0.5) is 4.79 Å². The Labute approximate surface area is 189 Å². The molecule has 1 aromatic carbocycles. The van der Waals surface area contributed by atoms with Gasteiger partial charge in [-0.1, -0.05) is 42.5 Å². The molecule has 2 unspecified atom stereocenters. The van der Waals surface area contributed by atoms with E-state index in [9.17, 15) is 4.79 Å². The number of cyclic esters (lactones) is 1. The van der Waals surface area contributed by atoms with Gasteiger partial charge in [0.25, 0.3) is 0 Å². The van der Waals surface area contributed by atoms with Crippen molar-refractivity contribution in [2.45, 2.75) is 19.1 Å². The van der Waals surface area contributed by atoms with Crippen LogP contribution in [0, 0.1) is 5.92 Å². The van der Waals surface area contributed by atoms with Crippen molar-refractivity contribution in [3.63, 3.8) is 0 Å². The minimum absolute atomic E-state index is 0.161. The number of hydrogen-bond acceptors (Lipinski definition) is 5. The van der Waals surface area contributed by atoms with E-state index in [1.54, 1.807) is 0 Å². The van der Waals surface area contributed by atoms with Gasteiger partial charge in [0, 0.05) is 57.4 Å². The largest absolute Gasteiger partial charge is 0.439 e. The summed E-state index contributed by atoms with van der Waals surface area (Å²) in [5.41, 5.74) is 3.70. The van der Waals surface area contributed by atoms with Crippen molar-refractivity contribution >= 4 is 6.09 Å². The Morgan fingerprint density at radius 2 is 1.78 bits per heavy atom. The molecular formula is C26H30N4O2. The zero-order valence-corrected chi connectivity index (χ0v) is 18.3. The third-order valence-corrected chi connectivity index (χ3v) is 6.58. The van der Waals surface area contributed by atoms with Crippen LogP contribution >= 0.6 is 0 Å². The van der Waals surface area contributed by atoms with Gasteiger partial charge in [-0.25, -0.2) is 4.79 Å². The Kier molecular flexibility index (Phi) is 6.21. The Hall–Kier alpha value is -3.12. The van der Waals surface area contributed by atoms with Crippen molar-refractivity contribution in [1.82, 2.24) is 19.7 Å². The summed E-state index contributed by atoms with van der Waals surface area (Å²) >= 11 is 0. The number of pyridine rings is 1. The van der Waals surface area contributed by atoms with Crippen LogP contribution in [0.1, 0.15) is 23.7 Å². The van der Waals surface area contributed by atoms with Crippen molar-refractivity contribution in [3.8, 4) is 0 Å². The Bertz CT molecular complexity index is 968. The predicted molar refractivity (Wildman–Crippen MR) is 124 cm³/mol. The molecule has 0 radical (unpaired) electrons. The molecule has 0 spiro atoms. The van der Waals surface area contributed by atoms with Crippen molar-refractivity contribution in [1.29, 1.82) is 0 Å². The van der Waals surface area contributed by atoms with E-state index in [0.717, 1.165) is 44.7 Å². The lowest BCUT2D eigenvalue weighted by Crippen LogP contribution is -2.45. The van der Waals surface area contributed by atoms with Gasteiger partial charge >= 0.3 is 6.09 Å². The minimum atomic E-state index is -0.202. The molecule has 2 aromatic rings. The van der Waals surface area contributed by atoms with E-state index in [1.165, 1.54) is 11.3 Å². The van der Waals surface area contributed by atoms with Gasteiger partial charge in [0.05, 0.1) is 6.54 Å². The van der Waals surface area contributed by atoms with Crippen LogP contribution in [0.5, 0.6) is 0 Å². The number of hydrogen-bond donors (Lipinski definition) is 0. The molecule has 5 rings (SSSR count). The molecule has 2 saturated heterocycles. The summed E-state index contributed by atoms with van der Waals surface area (Å²) < 4.78 is 5.60. The molecule has 2 fully saturated rings. The molecule has 2 aliphatic heterocycles. The molecule has 3 aliphatic rings. The average Bonchev–Trinajstić information content (AvgIpc) is 3.21. The number of piperazine rings is 1. The molecule has 3 heterocycles. The summed E-state index contributed by atoms with van der Waals surface area (Å²) in [5, 5.41) is 0. The summed E-state index contributed by atoms with van der Waals surface area (Å²) in [7, 11) is 0. The molecule has 0 N–H and O–H groups in total. The second kappa shape index (κ2) is 9.57. The summed E-state index contributed by atoms with van der Waals surface area (Å²) in [4.78, 5) is 23.3.